The molecule has 0 aromatic rings. The van der Waals surface area contributed by atoms with Gasteiger partial charge < -0.3 is 152 Å². The number of aliphatic hydroxyl groups excluding tert-OH is 1. The maximum absolute atomic E-state index is 15.1. The van der Waals surface area contributed by atoms with Crippen LogP contribution in [0.4, 0.5) is 0 Å². The summed E-state index contributed by atoms with van der Waals surface area (Å²) < 4.78 is 0. The summed E-state index contributed by atoms with van der Waals surface area (Å²) in [7, 11) is 0. The predicted octanol–water partition coefficient (Wildman–Crippen LogP) is -3.94. The van der Waals surface area contributed by atoms with Crippen molar-refractivity contribution in [3.05, 3.63) is 0 Å². The highest BCUT2D eigenvalue weighted by Crippen LogP contribution is 2.28. The monoisotopic (exact) mass is 2030 g/mol. The van der Waals surface area contributed by atoms with Crippen molar-refractivity contribution in [1.82, 2.24) is 89.6 Å². The fourth-order valence-electron chi connectivity index (χ4n) is 16.9. The third-order valence-electron chi connectivity index (χ3n) is 25.8. The van der Waals surface area contributed by atoms with E-state index in [4.69, 9.17) is 57.3 Å². The van der Waals surface area contributed by atoms with Gasteiger partial charge in [-0.1, -0.05) is 103 Å². The number of carbonyl (C=O) groups is 18. The maximum Gasteiger partial charge on any atom is 0.246 e. The summed E-state index contributed by atoms with van der Waals surface area (Å²) in [6.45, 7) is 26.9. The van der Waals surface area contributed by atoms with Crippen molar-refractivity contribution in [3.63, 3.8) is 0 Å². The number of nitrogens with one attached hydrogen (secondary N) is 15. The first-order chi connectivity index (χ1) is 67.6. The van der Waals surface area contributed by atoms with E-state index in [1.807, 2.05) is 0 Å². The molecule has 0 aliphatic carbocycles. The van der Waals surface area contributed by atoms with Gasteiger partial charge in [0.25, 0.3) is 0 Å². The lowest BCUT2D eigenvalue weighted by atomic mass is 9.98. The van der Waals surface area contributed by atoms with Gasteiger partial charge in [-0.15, -0.1) is 0 Å². The van der Waals surface area contributed by atoms with Crippen molar-refractivity contribution < 1.29 is 91.4 Å². The van der Waals surface area contributed by atoms with Crippen LogP contribution in [0.3, 0.4) is 0 Å². The van der Waals surface area contributed by atoms with Crippen LogP contribution in [0, 0.1) is 41.4 Å². The van der Waals surface area contributed by atoms with E-state index >= 15 is 9.59 Å². The molecular formula is C97H183N27O19. The first-order valence-corrected chi connectivity index (χ1v) is 52.1. The molecule has 2 rings (SSSR count). The van der Waals surface area contributed by atoms with Crippen LogP contribution in [0.5, 0.6) is 0 Å². The van der Waals surface area contributed by atoms with Gasteiger partial charge in [-0.05, 0) is 274 Å². The van der Waals surface area contributed by atoms with Crippen LogP contribution in [-0.4, -0.2) is 302 Å². The summed E-state index contributed by atoms with van der Waals surface area (Å²) in [5.41, 5.74) is 58.3. The first-order valence-electron chi connectivity index (χ1n) is 52.1. The first kappa shape index (κ1) is 129. The zero-order valence-electron chi connectivity index (χ0n) is 87.8. The Balaban J connectivity index is 2.46. The number of rotatable bonds is 73. The quantitative estimate of drug-likeness (QED) is 0.0259. The van der Waals surface area contributed by atoms with Crippen molar-refractivity contribution in [1.29, 1.82) is 0 Å². The van der Waals surface area contributed by atoms with Crippen LogP contribution in [0.2, 0.25) is 0 Å². The number of nitrogens with zero attached hydrogens (tertiary/aromatic N) is 2. The lowest BCUT2D eigenvalue weighted by Crippen LogP contribution is -2.62. The second-order valence-electron chi connectivity index (χ2n) is 40.4. The summed E-state index contributed by atoms with van der Waals surface area (Å²) in [6.07, 6.45) is 6.95. The molecule has 0 aromatic heterocycles. The fourth-order valence-corrected chi connectivity index (χ4v) is 16.9. The summed E-state index contributed by atoms with van der Waals surface area (Å²) in [5, 5.41) is 52.4. The normalized spacial score (nSPS) is 17.3. The summed E-state index contributed by atoms with van der Waals surface area (Å²) in [6, 6.07) is -22.8. The molecule has 143 heavy (non-hydrogen) atoms. The zero-order valence-corrected chi connectivity index (χ0v) is 87.8. The van der Waals surface area contributed by atoms with E-state index in [9.17, 15) is 81.8 Å². The standard InChI is InChI=1S/C97H183N27O19/c1-54(2)72(115-81(127)62(106)34-16-24-44-98)90(136)109-64(36-18-26-46-100)83(129)117-74(56(5)6)92(138)111-67(39-21-29-49-103)85(131)119-77(59(11)12)94(140)113-69(41-23-31-51-105)87(133)121-78(60(13)14)97(143)124-53-33-43-71(124)96(142)123-52-32-42-70(123)88(134)122-79(61(15)125)95(141)114-68(40-22-30-50-104)86(132)120-76(58(9)10)93(139)112-66(38-20-28-48-102)84(130)118-75(57(7)8)91(137)110-65(37-19-27-47-101)82(128)116-73(55(3)4)89(135)108-63(80(107)126)35-17-25-45-99/h54-79,125H,16-53,98-106H2,1-15H3,(H2,107,126)(H,108,135)(H,109,136)(H,110,137)(H,111,138)(H,112,139)(H,113,140)(H,114,141)(H,115,127)(H,116,128)(H,117,129)(H,118,130)(H,119,131)(H,120,132)(H,121,133)(H,122,134)/t61-,62+,63+,64+,65+,66+,67+,68+,69+,70+,71-,72+,73+,74+,75+,76+,77+,78+,79+/m1/s1. The average molecular weight is 2030 g/mol. The molecule has 19 atom stereocenters. The molecule has 2 heterocycles. The second kappa shape index (κ2) is 69.2. The minimum absolute atomic E-state index is 0.00750. The largest absolute Gasteiger partial charge is 0.391 e. The Morgan fingerprint density at radius 1 is 0.252 bits per heavy atom. The third-order valence-corrected chi connectivity index (χ3v) is 25.8. The maximum atomic E-state index is 15.1. The summed E-state index contributed by atoms with van der Waals surface area (Å²) in [5.74, 6) is -17.7. The highest BCUT2D eigenvalue weighted by Gasteiger charge is 2.47. The SMILES string of the molecule is CC(C)[C@H](NC(=O)[C@H](CCCCN)NC(=O)[C@@H](NC(=O)[C@H](CCCCN)NC(=O)[C@@H](NC(=O)[C@H](CCCCN)NC(=O)[C@@H](NC(=O)[C@@H]1CCCN1C(=O)[C@H]1CCCN1C(=O)[C@@H](NC(=O)[C@H](CCCCN)NC(=O)[C@@H](NC(=O)[C@H](CCCCN)NC(=O)[C@@H](NC(=O)[C@H](CCCCN)NC(=O)[C@@H](NC(=O)[C@@H](N)CCCCN)C(C)C)C(C)C)C(C)C)C(C)C)[C@@H](C)O)C(C)C)C(C)C)C(=O)N[C@@H](CCCCN)C(N)=O. The molecule has 0 bridgehead atoms. The average Bonchev–Trinajstić information content (AvgIpc) is 1.65. The Labute approximate surface area is 846 Å². The van der Waals surface area contributed by atoms with E-state index in [1.54, 1.807) is 96.9 Å². The molecule has 0 unspecified atom stereocenters. The highest BCUT2D eigenvalue weighted by atomic mass is 16.3. The van der Waals surface area contributed by atoms with E-state index < -0.39 is 263 Å². The number of likely N-dealkylation sites (tertiary alicyclic amines) is 2. The van der Waals surface area contributed by atoms with Gasteiger partial charge in [-0.25, -0.2) is 0 Å². The van der Waals surface area contributed by atoms with Crippen LogP contribution in [0.25, 0.3) is 0 Å². The molecule has 46 heteroatoms. The van der Waals surface area contributed by atoms with Gasteiger partial charge in [0, 0.05) is 13.1 Å². The zero-order chi connectivity index (χ0) is 108. The van der Waals surface area contributed by atoms with Gasteiger partial charge in [0.2, 0.25) is 106 Å². The number of nitrogens with two attached hydrogens (primary N) is 10. The predicted molar refractivity (Wildman–Crippen MR) is 544 cm³/mol. The van der Waals surface area contributed by atoms with Gasteiger partial charge in [0.15, 0.2) is 0 Å². The third kappa shape index (κ3) is 45.3. The van der Waals surface area contributed by atoms with Crippen LogP contribution >= 0.6 is 0 Å². The Morgan fingerprint density at radius 2 is 0.462 bits per heavy atom. The number of hydrogen-bond donors (Lipinski definition) is 26. The van der Waals surface area contributed by atoms with Crippen molar-refractivity contribution in [2.24, 2.45) is 98.8 Å². The molecule has 2 aliphatic rings. The van der Waals surface area contributed by atoms with E-state index in [1.165, 1.54) is 16.7 Å². The molecule has 36 N–H and O–H groups in total. The molecule has 0 saturated carbocycles. The fraction of sp³-hybridized carbons (Fsp3) is 0.814. The van der Waals surface area contributed by atoms with E-state index in [2.05, 4.69) is 79.8 Å². The minimum atomic E-state index is -1.75. The number of hydrogen-bond acceptors (Lipinski definition) is 28. The smallest absolute Gasteiger partial charge is 0.246 e. The lowest BCUT2D eigenvalue weighted by molar-refractivity contribution is -0.149. The number of unbranched alkanes of at least 4 members (excludes halogenated alkanes) is 8. The molecule has 2 saturated heterocycles. The minimum Gasteiger partial charge on any atom is -0.391 e. The number of carbonyl (C=O) groups excluding carboxylic acids is 18. The molecule has 0 radical (unpaired) electrons. The number of aliphatic hydroxyl groups is 1. The molecule has 2 fully saturated rings. The topological polar surface area (TPSA) is 775 Å². The Kier molecular flexibility index (Phi) is 62.5. The van der Waals surface area contributed by atoms with Crippen LogP contribution in [0.1, 0.15) is 284 Å². The highest BCUT2D eigenvalue weighted by molar-refractivity contribution is 6.02. The van der Waals surface area contributed by atoms with Crippen LogP contribution in [-0.2, 0) is 86.3 Å². The Hall–Kier alpha value is -9.94. The molecule has 18 amide bonds. The van der Waals surface area contributed by atoms with Crippen molar-refractivity contribution in [3.8, 4) is 0 Å². The molecular weight excluding hydrogens is 1850 g/mol. The van der Waals surface area contributed by atoms with Crippen molar-refractivity contribution in [2.45, 2.75) is 398 Å². The van der Waals surface area contributed by atoms with E-state index in [-0.39, 0.29) is 117 Å². The van der Waals surface area contributed by atoms with Gasteiger partial charge in [0.1, 0.15) is 103 Å². The number of primary amides is 1. The van der Waals surface area contributed by atoms with Gasteiger partial charge in [-0.3, -0.25) is 86.3 Å². The lowest BCUT2D eigenvalue weighted by Gasteiger charge is -2.35. The Bertz CT molecular complexity index is 3980. The molecule has 46 nitrogen and oxygen atoms in total. The van der Waals surface area contributed by atoms with Gasteiger partial charge in [-0.2, -0.15) is 0 Å². The molecule has 820 valence electrons. The molecule has 0 spiro atoms. The Morgan fingerprint density at radius 3 is 0.699 bits per heavy atom. The van der Waals surface area contributed by atoms with Crippen LogP contribution in [0.15, 0.2) is 0 Å². The van der Waals surface area contributed by atoms with Crippen LogP contribution < -0.4 is 137 Å². The summed E-state index contributed by atoms with van der Waals surface area (Å²) in [4.78, 5) is 261. The summed E-state index contributed by atoms with van der Waals surface area (Å²) >= 11 is 0. The number of amides is 18. The van der Waals surface area contributed by atoms with Gasteiger partial charge in [0.05, 0.1) is 12.1 Å². The second-order valence-corrected chi connectivity index (χ2v) is 40.4. The van der Waals surface area contributed by atoms with Crippen molar-refractivity contribution in [2.75, 3.05) is 65.4 Å². The van der Waals surface area contributed by atoms with Gasteiger partial charge >= 0.3 is 0 Å². The molecule has 2 aliphatic heterocycles. The van der Waals surface area contributed by atoms with E-state index in [0.717, 1.165) is 0 Å². The molecule has 0 aromatic carbocycles. The van der Waals surface area contributed by atoms with E-state index in [0.29, 0.717) is 129 Å². The van der Waals surface area contributed by atoms with Crippen molar-refractivity contribution >= 4 is 106 Å².